The number of carbonyl (C=O) groups excluding carboxylic acids is 2. The van der Waals surface area contributed by atoms with Gasteiger partial charge in [0, 0.05) is 12.6 Å². The van der Waals surface area contributed by atoms with Crippen LogP contribution in [0.3, 0.4) is 0 Å². The number of hydrogen-bond donors (Lipinski definition) is 1. The van der Waals surface area contributed by atoms with Gasteiger partial charge >= 0.3 is 0 Å². The molecule has 1 aromatic carbocycles. The van der Waals surface area contributed by atoms with E-state index in [1.54, 1.807) is 7.05 Å². The maximum Gasteiger partial charge on any atom is 0.233 e. The van der Waals surface area contributed by atoms with Crippen LogP contribution in [-0.2, 0) is 4.79 Å². The van der Waals surface area contributed by atoms with E-state index < -0.39 is 0 Å². The minimum absolute atomic E-state index is 0.0620. The highest BCUT2D eigenvalue weighted by Gasteiger charge is 2.16. The fourth-order valence-electron chi connectivity index (χ4n) is 2.36. The summed E-state index contributed by atoms with van der Waals surface area (Å²) < 4.78 is 0. The van der Waals surface area contributed by atoms with Crippen LogP contribution in [0.4, 0.5) is 0 Å². The average Bonchev–Trinajstić information content (AvgIpc) is 2.42. The summed E-state index contributed by atoms with van der Waals surface area (Å²) in [5.74, 6) is 0.0148. The van der Waals surface area contributed by atoms with Crippen molar-refractivity contribution in [3.05, 3.63) is 34.4 Å². The normalized spacial score (nSPS) is 10.8. The number of likely N-dealkylation sites (N-methyl/N-ethyl adjacent to an activating group) is 1. The maximum atomic E-state index is 12.5. The molecule has 0 spiro atoms. The van der Waals surface area contributed by atoms with E-state index in [0.29, 0.717) is 0 Å². The summed E-state index contributed by atoms with van der Waals surface area (Å²) in [5.41, 5.74) is 4.08. The molecule has 0 aliphatic carbocycles. The molecule has 0 aromatic heterocycles. The van der Waals surface area contributed by atoms with Crippen LogP contribution in [0.1, 0.15) is 40.4 Å². The Bertz CT molecular complexity index is 524. The second-order valence-corrected chi connectivity index (χ2v) is 5.56. The summed E-state index contributed by atoms with van der Waals surface area (Å²) >= 11 is 0. The van der Waals surface area contributed by atoms with Gasteiger partial charge in [-0.25, -0.2) is 0 Å². The molecule has 0 saturated heterocycles. The van der Waals surface area contributed by atoms with E-state index in [-0.39, 0.29) is 24.8 Å². The van der Waals surface area contributed by atoms with Gasteiger partial charge in [-0.1, -0.05) is 13.0 Å². The monoisotopic (exact) mass is 290 g/mol. The molecule has 0 heterocycles. The standard InChI is InChI=1S/C17H26N2O2/c1-6-7-19(11-17(21)18-5)10-16(20)15-9-13(3)12(2)8-14(15)4/h8-9H,6-7,10-11H2,1-5H3,(H,18,21). The number of hydrogen-bond acceptors (Lipinski definition) is 3. The van der Waals surface area contributed by atoms with Crippen LogP contribution < -0.4 is 5.32 Å². The largest absolute Gasteiger partial charge is 0.358 e. The van der Waals surface area contributed by atoms with Crippen molar-refractivity contribution in [2.45, 2.75) is 34.1 Å². The Labute approximate surface area is 127 Å². The first-order valence-corrected chi connectivity index (χ1v) is 7.43. The first-order valence-electron chi connectivity index (χ1n) is 7.43. The molecule has 0 aliphatic rings. The van der Waals surface area contributed by atoms with E-state index in [4.69, 9.17) is 0 Å². The van der Waals surface area contributed by atoms with Crippen molar-refractivity contribution >= 4 is 11.7 Å². The lowest BCUT2D eigenvalue weighted by Crippen LogP contribution is -2.39. The Hall–Kier alpha value is -1.68. The van der Waals surface area contributed by atoms with Gasteiger partial charge in [0.05, 0.1) is 13.1 Å². The van der Waals surface area contributed by atoms with Crippen molar-refractivity contribution in [3.63, 3.8) is 0 Å². The van der Waals surface area contributed by atoms with Gasteiger partial charge in [-0.05, 0) is 56.5 Å². The summed E-state index contributed by atoms with van der Waals surface area (Å²) in [5, 5.41) is 2.60. The number of aryl methyl sites for hydroxylation is 3. The van der Waals surface area contributed by atoms with Gasteiger partial charge in [-0.3, -0.25) is 14.5 Å². The molecule has 0 fully saturated rings. The van der Waals surface area contributed by atoms with Crippen LogP contribution in [0.2, 0.25) is 0 Å². The van der Waals surface area contributed by atoms with Crippen LogP contribution in [0, 0.1) is 20.8 Å². The fraction of sp³-hybridized carbons (Fsp3) is 0.529. The third-order valence-electron chi connectivity index (χ3n) is 3.69. The van der Waals surface area contributed by atoms with Gasteiger partial charge in [-0.15, -0.1) is 0 Å². The van der Waals surface area contributed by atoms with E-state index in [1.165, 1.54) is 5.56 Å². The van der Waals surface area contributed by atoms with Crippen molar-refractivity contribution in [1.29, 1.82) is 0 Å². The zero-order valence-electron chi connectivity index (χ0n) is 13.7. The summed E-state index contributed by atoms with van der Waals surface area (Å²) in [4.78, 5) is 25.9. The summed E-state index contributed by atoms with van der Waals surface area (Å²) in [6, 6.07) is 4.00. The highest BCUT2D eigenvalue weighted by Crippen LogP contribution is 2.16. The number of benzene rings is 1. The molecule has 1 rings (SSSR count). The number of Topliss-reactive ketones (excluding diaryl/α,β-unsaturated/α-hetero) is 1. The lowest BCUT2D eigenvalue weighted by atomic mass is 9.98. The maximum absolute atomic E-state index is 12.5. The number of nitrogens with zero attached hydrogens (tertiary/aromatic N) is 1. The summed E-state index contributed by atoms with van der Waals surface area (Å²) in [6.07, 6.45) is 0.913. The molecule has 116 valence electrons. The zero-order valence-corrected chi connectivity index (χ0v) is 13.7. The molecule has 0 unspecified atom stereocenters. The first-order chi connectivity index (χ1) is 9.88. The minimum Gasteiger partial charge on any atom is -0.358 e. The van der Waals surface area contributed by atoms with Crippen LogP contribution in [0.25, 0.3) is 0 Å². The SMILES string of the molecule is CCCN(CC(=O)NC)CC(=O)c1cc(C)c(C)cc1C. The van der Waals surface area contributed by atoms with E-state index in [9.17, 15) is 9.59 Å². The van der Waals surface area contributed by atoms with E-state index >= 15 is 0 Å². The molecule has 0 radical (unpaired) electrons. The quantitative estimate of drug-likeness (QED) is 0.784. The van der Waals surface area contributed by atoms with Crippen molar-refractivity contribution in [2.75, 3.05) is 26.7 Å². The highest BCUT2D eigenvalue weighted by atomic mass is 16.2. The predicted molar refractivity (Wildman–Crippen MR) is 85.8 cm³/mol. The molecular weight excluding hydrogens is 264 g/mol. The van der Waals surface area contributed by atoms with Gasteiger partial charge in [0.1, 0.15) is 0 Å². The van der Waals surface area contributed by atoms with E-state index in [0.717, 1.165) is 29.7 Å². The third kappa shape index (κ3) is 4.97. The van der Waals surface area contributed by atoms with Gasteiger partial charge < -0.3 is 5.32 Å². The second-order valence-electron chi connectivity index (χ2n) is 5.56. The molecule has 1 N–H and O–H groups in total. The molecule has 0 aliphatic heterocycles. The van der Waals surface area contributed by atoms with Crippen LogP contribution in [0.15, 0.2) is 12.1 Å². The topological polar surface area (TPSA) is 49.4 Å². The third-order valence-corrected chi connectivity index (χ3v) is 3.69. The predicted octanol–water partition coefficient (Wildman–Crippen LogP) is 2.25. The van der Waals surface area contributed by atoms with E-state index in [1.807, 2.05) is 44.7 Å². The summed E-state index contributed by atoms with van der Waals surface area (Å²) in [6.45, 7) is 9.35. The Morgan fingerprint density at radius 3 is 2.24 bits per heavy atom. The first kappa shape index (κ1) is 17.4. The smallest absolute Gasteiger partial charge is 0.233 e. The van der Waals surface area contributed by atoms with Crippen LogP contribution in [0.5, 0.6) is 0 Å². The minimum atomic E-state index is -0.0620. The Morgan fingerprint density at radius 2 is 1.67 bits per heavy atom. The van der Waals surface area contributed by atoms with Gasteiger partial charge in [-0.2, -0.15) is 0 Å². The molecule has 4 nitrogen and oxygen atoms in total. The van der Waals surface area contributed by atoms with Crippen LogP contribution >= 0.6 is 0 Å². The van der Waals surface area contributed by atoms with E-state index in [2.05, 4.69) is 5.32 Å². The molecule has 0 atom stereocenters. The number of rotatable bonds is 7. The lowest BCUT2D eigenvalue weighted by molar-refractivity contribution is -0.121. The Balaban J connectivity index is 2.86. The van der Waals surface area contributed by atoms with Crippen molar-refractivity contribution in [3.8, 4) is 0 Å². The molecule has 1 aromatic rings. The molecule has 0 bridgehead atoms. The number of nitrogens with one attached hydrogen (secondary N) is 1. The van der Waals surface area contributed by atoms with Crippen molar-refractivity contribution in [2.24, 2.45) is 0 Å². The molecular formula is C17H26N2O2. The van der Waals surface area contributed by atoms with Crippen molar-refractivity contribution < 1.29 is 9.59 Å². The average molecular weight is 290 g/mol. The molecule has 1 amide bonds. The van der Waals surface area contributed by atoms with Gasteiger partial charge in [0.25, 0.3) is 0 Å². The fourth-order valence-corrected chi connectivity index (χ4v) is 2.36. The molecule has 21 heavy (non-hydrogen) atoms. The zero-order chi connectivity index (χ0) is 16.0. The Kier molecular flexibility index (Phi) is 6.56. The highest BCUT2D eigenvalue weighted by molar-refractivity contribution is 5.99. The van der Waals surface area contributed by atoms with Gasteiger partial charge in [0.15, 0.2) is 5.78 Å². The number of carbonyl (C=O) groups is 2. The van der Waals surface area contributed by atoms with Crippen molar-refractivity contribution in [1.82, 2.24) is 10.2 Å². The Morgan fingerprint density at radius 1 is 1.05 bits per heavy atom. The second kappa shape index (κ2) is 7.93. The lowest BCUT2D eigenvalue weighted by Gasteiger charge is -2.20. The number of ketones is 1. The van der Waals surface area contributed by atoms with Crippen LogP contribution in [-0.4, -0.2) is 43.3 Å². The molecule has 4 heteroatoms. The molecule has 0 saturated carbocycles. The number of amides is 1. The summed E-state index contributed by atoms with van der Waals surface area (Å²) in [7, 11) is 1.61. The van der Waals surface area contributed by atoms with Gasteiger partial charge in [0.2, 0.25) is 5.91 Å².